The van der Waals surface area contributed by atoms with Crippen LogP contribution in [0.4, 0.5) is 11.4 Å². The molecule has 1 aliphatic rings. The highest BCUT2D eigenvalue weighted by atomic mass is 16.6. The first kappa shape index (κ1) is 18.7. The van der Waals surface area contributed by atoms with Gasteiger partial charge in [-0.25, -0.2) is 4.79 Å². The Morgan fingerprint density at radius 3 is 2.52 bits per heavy atom. The number of hydrogen-bond acceptors (Lipinski definition) is 6. The minimum absolute atomic E-state index is 0.0949. The van der Waals surface area contributed by atoms with Gasteiger partial charge in [0.05, 0.1) is 18.4 Å². The van der Waals surface area contributed by atoms with Crippen LogP contribution >= 0.6 is 0 Å². The van der Waals surface area contributed by atoms with Crippen molar-refractivity contribution in [1.29, 1.82) is 0 Å². The number of ether oxygens (including phenoxy) is 2. The first-order chi connectivity index (χ1) is 15.1. The quantitative estimate of drug-likeness (QED) is 0.448. The molecule has 0 fully saturated rings. The van der Waals surface area contributed by atoms with E-state index in [0.29, 0.717) is 39.2 Å². The largest absolute Gasteiger partial charge is 0.497 e. The van der Waals surface area contributed by atoms with Gasteiger partial charge in [-0.3, -0.25) is 4.79 Å². The van der Waals surface area contributed by atoms with Crippen molar-refractivity contribution in [2.24, 2.45) is 0 Å². The van der Waals surface area contributed by atoms with Crippen molar-refractivity contribution in [2.45, 2.75) is 6.23 Å². The third-order valence-electron chi connectivity index (χ3n) is 5.11. The lowest BCUT2D eigenvalue weighted by molar-refractivity contribution is 0.0437. The lowest BCUT2D eigenvalue weighted by Gasteiger charge is -2.14. The number of esters is 1. The van der Waals surface area contributed by atoms with E-state index in [-0.39, 0.29) is 5.76 Å². The third-order valence-corrected chi connectivity index (χ3v) is 5.11. The lowest BCUT2D eigenvalue weighted by Crippen LogP contribution is -2.16. The van der Waals surface area contributed by atoms with E-state index in [1.54, 1.807) is 49.6 Å². The number of hydrogen-bond donors (Lipinski definition) is 2. The molecule has 1 aromatic heterocycles. The average Bonchev–Trinajstić information content (AvgIpc) is 3.33. The summed E-state index contributed by atoms with van der Waals surface area (Å²) in [6, 6.07) is 21.4. The Morgan fingerprint density at radius 2 is 1.71 bits per heavy atom. The molecule has 31 heavy (non-hydrogen) atoms. The van der Waals surface area contributed by atoms with Crippen LogP contribution in [0.15, 0.2) is 77.2 Å². The van der Waals surface area contributed by atoms with E-state index in [0.717, 1.165) is 0 Å². The summed E-state index contributed by atoms with van der Waals surface area (Å²) in [6.45, 7) is 0. The predicted octanol–water partition coefficient (Wildman–Crippen LogP) is 4.97. The zero-order valence-electron chi connectivity index (χ0n) is 16.5. The summed E-state index contributed by atoms with van der Waals surface area (Å²) >= 11 is 0. The van der Waals surface area contributed by atoms with Crippen molar-refractivity contribution in [3.63, 3.8) is 0 Å². The second-order valence-corrected chi connectivity index (χ2v) is 7.00. The number of rotatable bonds is 5. The molecule has 154 valence electrons. The van der Waals surface area contributed by atoms with E-state index in [9.17, 15) is 9.59 Å². The highest BCUT2D eigenvalue weighted by Gasteiger charge is 2.33. The van der Waals surface area contributed by atoms with Gasteiger partial charge in [0.2, 0.25) is 12.0 Å². The van der Waals surface area contributed by atoms with Crippen LogP contribution in [0.25, 0.3) is 11.0 Å². The molecule has 1 unspecified atom stereocenters. The maximum atomic E-state index is 13.1. The van der Waals surface area contributed by atoms with Crippen molar-refractivity contribution < 1.29 is 23.5 Å². The standard InChI is InChI=1S/C24H18N2O5/c1-29-15-12-10-14(11-13-15)25-22(27)21-20(18-8-4-5-9-19(18)30-21)26-23-16-6-2-3-7-17(16)24(28)31-23/h2-13,23,26H,1H3,(H,25,27). The Kier molecular flexibility index (Phi) is 4.55. The molecule has 1 atom stereocenters. The molecule has 0 radical (unpaired) electrons. The van der Waals surface area contributed by atoms with Gasteiger partial charge in [0.25, 0.3) is 5.91 Å². The van der Waals surface area contributed by atoms with Crippen molar-refractivity contribution in [3.8, 4) is 5.75 Å². The molecule has 2 heterocycles. The number of carbonyl (C=O) groups is 2. The van der Waals surface area contributed by atoms with Gasteiger partial charge >= 0.3 is 5.97 Å². The molecule has 0 saturated carbocycles. The van der Waals surface area contributed by atoms with E-state index in [2.05, 4.69) is 10.6 Å². The van der Waals surface area contributed by atoms with E-state index in [4.69, 9.17) is 13.9 Å². The van der Waals surface area contributed by atoms with Crippen LogP contribution < -0.4 is 15.4 Å². The zero-order valence-corrected chi connectivity index (χ0v) is 16.5. The van der Waals surface area contributed by atoms with E-state index >= 15 is 0 Å². The number of benzene rings is 3. The molecule has 0 saturated heterocycles. The van der Waals surface area contributed by atoms with Crippen molar-refractivity contribution in [2.75, 3.05) is 17.7 Å². The number of para-hydroxylation sites is 1. The number of nitrogens with one attached hydrogen (secondary N) is 2. The monoisotopic (exact) mass is 414 g/mol. The number of amides is 1. The number of fused-ring (bicyclic) bond motifs is 2. The maximum absolute atomic E-state index is 13.1. The lowest BCUT2D eigenvalue weighted by atomic mass is 10.1. The number of cyclic esters (lactones) is 1. The number of carbonyl (C=O) groups excluding carboxylic acids is 2. The van der Waals surface area contributed by atoms with Gasteiger partial charge in [0.15, 0.2) is 0 Å². The number of anilines is 2. The van der Waals surface area contributed by atoms with Crippen molar-refractivity contribution in [1.82, 2.24) is 0 Å². The molecular weight excluding hydrogens is 396 g/mol. The van der Waals surface area contributed by atoms with Gasteiger partial charge in [0.1, 0.15) is 11.3 Å². The van der Waals surface area contributed by atoms with Gasteiger partial charge in [0, 0.05) is 16.6 Å². The normalized spacial score (nSPS) is 14.7. The Hall–Kier alpha value is -4.26. The van der Waals surface area contributed by atoms with E-state index < -0.39 is 18.1 Å². The highest BCUT2D eigenvalue weighted by Crippen LogP contribution is 2.37. The Balaban J connectivity index is 1.50. The molecule has 7 nitrogen and oxygen atoms in total. The minimum Gasteiger partial charge on any atom is -0.497 e. The Bertz CT molecular complexity index is 1290. The Morgan fingerprint density at radius 1 is 0.968 bits per heavy atom. The van der Waals surface area contributed by atoms with Crippen LogP contribution in [0.2, 0.25) is 0 Å². The fourth-order valence-electron chi connectivity index (χ4n) is 3.59. The van der Waals surface area contributed by atoms with E-state index in [1.807, 2.05) is 30.3 Å². The first-order valence-electron chi connectivity index (χ1n) is 9.67. The Labute approximate surface area is 177 Å². The summed E-state index contributed by atoms with van der Waals surface area (Å²) in [6.07, 6.45) is -0.725. The maximum Gasteiger partial charge on any atom is 0.340 e. The fraction of sp³-hybridized carbons (Fsp3) is 0.0833. The smallest absolute Gasteiger partial charge is 0.340 e. The third kappa shape index (κ3) is 3.36. The average molecular weight is 414 g/mol. The summed E-state index contributed by atoms with van der Waals surface area (Å²) < 4.78 is 16.5. The van der Waals surface area contributed by atoms with Crippen LogP contribution in [-0.2, 0) is 4.74 Å². The predicted molar refractivity (Wildman–Crippen MR) is 115 cm³/mol. The van der Waals surface area contributed by atoms with Gasteiger partial charge in [-0.1, -0.05) is 30.3 Å². The van der Waals surface area contributed by atoms with Crippen LogP contribution in [0.3, 0.4) is 0 Å². The molecule has 3 aromatic carbocycles. The second kappa shape index (κ2) is 7.53. The molecule has 1 amide bonds. The van der Waals surface area contributed by atoms with Gasteiger partial charge in [-0.05, 0) is 42.5 Å². The molecule has 1 aliphatic heterocycles. The fourth-order valence-corrected chi connectivity index (χ4v) is 3.59. The molecule has 4 aromatic rings. The SMILES string of the molecule is COc1ccc(NC(=O)c2oc3ccccc3c2NC2OC(=O)c3ccccc32)cc1. The molecule has 0 spiro atoms. The van der Waals surface area contributed by atoms with Crippen molar-refractivity contribution in [3.05, 3.63) is 89.7 Å². The summed E-state index contributed by atoms with van der Waals surface area (Å²) in [5.41, 5.74) is 2.80. The molecular formula is C24H18N2O5. The zero-order chi connectivity index (χ0) is 21.4. The summed E-state index contributed by atoms with van der Waals surface area (Å²) in [7, 11) is 1.58. The molecule has 0 aliphatic carbocycles. The number of furan rings is 1. The van der Waals surface area contributed by atoms with Crippen LogP contribution in [0.1, 0.15) is 32.7 Å². The highest BCUT2D eigenvalue weighted by molar-refractivity contribution is 6.11. The summed E-state index contributed by atoms with van der Waals surface area (Å²) in [5.74, 6) is -0.0603. The molecule has 2 N–H and O–H groups in total. The van der Waals surface area contributed by atoms with Gasteiger partial charge < -0.3 is 24.5 Å². The van der Waals surface area contributed by atoms with Crippen LogP contribution in [0, 0.1) is 0 Å². The minimum atomic E-state index is -0.725. The topological polar surface area (TPSA) is 89.8 Å². The second-order valence-electron chi connectivity index (χ2n) is 7.00. The van der Waals surface area contributed by atoms with Crippen LogP contribution in [0.5, 0.6) is 5.75 Å². The van der Waals surface area contributed by atoms with E-state index in [1.165, 1.54) is 0 Å². The molecule has 0 bridgehead atoms. The first-order valence-corrected chi connectivity index (χ1v) is 9.67. The molecule has 7 heteroatoms. The number of methoxy groups -OCH3 is 1. The van der Waals surface area contributed by atoms with Crippen LogP contribution in [-0.4, -0.2) is 19.0 Å². The van der Waals surface area contributed by atoms with Gasteiger partial charge in [-0.15, -0.1) is 0 Å². The summed E-state index contributed by atoms with van der Waals surface area (Å²) in [5, 5.41) is 6.73. The molecule has 5 rings (SSSR count). The van der Waals surface area contributed by atoms with Crippen molar-refractivity contribution >= 4 is 34.2 Å². The summed E-state index contributed by atoms with van der Waals surface area (Å²) in [4.78, 5) is 25.3. The van der Waals surface area contributed by atoms with Gasteiger partial charge in [-0.2, -0.15) is 0 Å².